The maximum absolute atomic E-state index is 12.8. The number of halogens is 2. The number of aromatic nitrogens is 3. The van der Waals surface area contributed by atoms with Gasteiger partial charge in [0.2, 0.25) is 0 Å². The van der Waals surface area contributed by atoms with Crippen molar-refractivity contribution in [3.8, 4) is 11.4 Å². The van der Waals surface area contributed by atoms with E-state index < -0.39 is 6.09 Å². The molecule has 0 unspecified atom stereocenters. The number of carbonyl (C=O) groups is 1. The maximum Gasteiger partial charge on any atom is 0.407 e. The molecule has 9 nitrogen and oxygen atoms in total. The zero-order valence-electron chi connectivity index (χ0n) is 20.1. The number of para-hydroxylation sites is 1. The zero-order valence-corrected chi connectivity index (χ0v) is 24.1. The molecular formula is C27H20Br2N4O5S. The predicted octanol–water partition coefficient (Wildman–Crippen LogP) is 5.31. The first-order chi connectivity index (χ1) is 18.8. The highest BCUT2D eigenvalue weighted by Crippen LogP contribution is 2.36. The lowest BCUT2D eigenvalue weighted by Gasteiger charge is -2.10. The van der Waals surface area contributed by atoms with E-state index in [2.05, 4.69) is 42.2 Å². The normalized spacial score (nSPS) is 11.0. The highest BCUT2D eigenvalue weighted by molar-refractivity contribution is 9.11. The van der Waals surface area contributed by atoms with Crippen molar-refractivity contribution in [2.45, 2.75) is 19.7 Å². The summed E-state index contributed by atoms with van der Waals surface area (Å²) in [4.78, 5) is 41.5. The lowest BCUT2D eigenvalue weighted by Crippen LogP contribution is -2.28. The molecule has 0 saturated carbocycles. The van der Waals surface area contributed by atoms with Crippen LogP contribution in [0.3, 0.4) is 0 Å². The maximum atomic E-state index is 12.8. The minimum atomic E-state index is -0.619. The van der Waals surface area contributed by atoms with Gasteiger partial charge in [-0.25, -0.2) is 23.1 Å². The van der Waals surface area contributed by atoms with E-state index in [0.717, 1.165) is 32.5 Å². The zero-order chi connectivity index (χ0) is 27.5. The van der Waals surface area contributed by atoms with E-state index in [1.807, 2.05) is 30.3 Å². The summed E-state index contributed by atoms with van der Waals surface area (Å²) in [5, 5.41) is 13.7. The number of aromatic hydroxyl groups is 1. The molecule has 2 aromatic heterocycles. The van der Waals surface area contributed by atoms with E-state index >= 15 is 0 Å². The monoisotopic (exact) mass is 670 g/mol. The number of ether oxygens (including phenoxy) is 1. The van der Waals surface area contributed by atoms with Crippen molar-refractivity contribution in [3.63, 3.8) is 0 Å². The van der Waals surface area contributed by atoms with E-state index in [0.29, 0.717) is 21.4 Å². The van der Waals surface area contributed by atoms with Gasteiger partial charge in [-0.1, -0.05) is 58.4 Å². The smallest absolute Gasteiger partial charge is 0.407 e. The fraction of sp³-hybridized carbons (Fsp3) is 0.111. The minimum Gasteiger partial charge on any atom is -0.505 e. The lowest BCUT2D eigenvalue weighted by atomic mass is 10.1. The standard InChI is InChI=1S/C27H20Br2N4O5S/c28-21-12-22(29)24(34)23-20(21)11-10-18(31-23)15-38-25(35)30-13-16-6-8-17(9-7-16)14-32-26(36)33(39-27(32)37)19-4-2-1-3-5-19/h1-12,34H,13-15H2,(H,30,35). The molecule has 3 aromatic carbocycles. The fourth-order valence-electron chi connectivity index (χ4n) is 3.85. The van der Waals surface area contributed by atoms with Crippen LogP contribution in [0.2, 0.25) is 0 Å². The van der Waals surface area contributed by atoms with Crippen LogP contribution in [0.4, 0.5) is 4.79 Å². The van der Waals surface area contributed by atoms with Crippen molar-refractivity contribution in [2.24, 2.45) is 0 Å². The van der Waals surface area contributed by atoms with Crippen LogP contribution in [0.5, 0.6) is 5.75 Å². The average Bonchev–Trinajstić information content (AvgIpc) is 3.23. The fourth-order valence-corrected chi connectivity index (χ4v) is 5.92. The first-order valence-electron chi connectivity index (χ1n) is 11.6. The first-order valence-corrected chi connectivity index (χ1v) is 14.0. The second kappa shape index (κ2) is 11.6. The Balaban J connectivity index is 1.17. The Hall–Kier alpha value is -3.74. The van der Waals surface area contributed by atoms with E-state index in [1.54, 1.807) is 42.5 Å². The van der Waals surface area contributed by atoms with Crippen LogP contribution in [0.25, 0.3) is 16.6 Å². The van der Waals surface area contributed by atoms with Gasteiger partial charge in [-0.3, -0.25) is 4.79 Å². The summed E-state index contributed by atoms with van der Waals surface area (Å²) in [5.41, 5.74) is 2.73. The Morgan fingerprint density at radius 3 is 2.44 bits per heavy atom. The van der Waals surface area contributed by atoms with Crippen LogP contribution in [-0.2, 0) is 24.4 Å². The number of carbonyl (C=O) groups excluding carboxylic acids is 1. The van der Waals surface area contributed by atoms with E-state index in [9.17, 15) is 19.5 Å². The summed E-state index contributed by atoms with van der Waals surface area (Å²) < 4.78 is 9.12. The van der Waals surface area contributed by atoms with Crippen molar-refractivity contribution in [3.05, 3.63) is 119 Å². The summed E-state index contributed by atoms with van der Waals surface area (Å²) in [6.07, 6.45) is -0.619. The molecule has 0 aliphatic rings. The molecule has 2 N–H and O–H groups in total. The van der Waals surface area contributed by atoms with Gasteiger partial charge in [0.15, 0.2) is 5.75 Å². The molecular weight excluding hydrogens is 652 g/mol. The number of rotatable bonds is 7. The molecule has 0 bridgehead atoms. The van der Waals surface area contributed by atoms with E-state index in [4.69, 9.17) is 4.74 Å². The minimum absolute atomic E-state index is 0.00804. The number of alkyl carbamates (subject to hydrolysis) is 1. The van der Waals surface area contributed by atoms with Gasteiger partial charge < -0.3 is 15.2 Å². The molecule has 1 amide bonds. The number of amides is 1. The number of fused-ring (bicyclic) bond motifs is 1. The highest BCUT2D eigenvalue weighted by atomic mass is 79.9. The van der Waals surface area contributed by atoms with E-state index in [1.165, 1.54) is 8.52 Å². The number of phenols is 1. The Bertz CT molecular complexity index is 1780. The Morgan fingerprint density at radius 2 is 1.69 bits per heavy atom. The summed E-state index contributed by atoms with van der Waals surface area (Å²) in [7, 11) is 0. The third kappa shape index (κ3) is 5.97. The van der Waals surface area contributed by atoms with Gasteiger partial charge >= 0.3 is 16.7 Å². The molecule has 5 aromatic rings. The molecule has 0 fully saturated rings. The second-order valence-electron chi connectivity index (χ2n) is 8.49. The largest absolute Gasteiger partial charge is 0.505 e. The molecule has 39 heavy (non-hydrogen) atoms. The molecule has 0 atom stereocenters. The van der Waals surface area contributed by atoms with Crippen LogP contribution in [0, 0.1) is 0 Å². The number of nitrogens with one attached hydrogen (secondary N) is 1. The molecule has 12 heteroatoms. The number of benzene rings is 3. The van der Waals surface area contributed by atoms with Crippen LogP contribution in [-0.4, -0.2) is 24.7 Å². The summed E-state index contributed by atoms with van der Waals surface area (Å²) in [5.74, 6) is 0.00804. The molecule has 0 saturated heterocycles. The number of phenolic OH excluding ortho intramolecular Hbond substituents is 1. The highest BCUT2D eigenvalue weighted by Gasteiger charge is 2.13. The van der Waals surface area contributed by atoms with Gasteiger partial charge in [0.05, 0.1) is 22.4 Å². The van der Waals surface area contributed by atoms with Gasteiger partial charge in [-0.2, -0.15) is 0 Å². The number of hydrogen-bond donors (Lipinski definition) is 2. The molecule has 0 aliphatic heterocycles. The summed E-state index contributed by atoms with van der Waals surface area (Å²) in [6, 6.07) is 21.5. The molecule has 198 valence electrons. The van der Waals surface area contributed by atoms with Crippen molar-refractivity contribution < 1.29 is 14.6 Å². The first kappa shape index (κ1) is 26.9. The molecule has 0 spiro atoms. The van der Waals surface area contributed by atoms with Crippen molar-refractivity contribution >= 4 is 60.4 Å². The quantitative estimate of drug-likeness (QED) is 0.242. The van der Waals surface area contributed by atoms with Crippen LogP contribution in [0.1, 0.15) is 16.8 Å². The number of pyridine rings is 1. The lowest BCUT2D eigenvalue weighted by molar-refractivity contribution is 0.138. The van der Waals surface area contributed by atoms with Gasteiger partial charge in [0.1, 0.15) is 12.1 Å². The second-order valence-corrected chi connectivity index (χ2v) is 11.1. The van der Waals surface area contributed by atoms with Crippen LogP contribution >= 0.6 is 43.4 Å². The SMILES string of the molecule is O=C(NCc1ccc(Cn2c(=O)sn(-c3ccccc3)c2=O)cc1)OCc1ccc2c(Br)cc(Br)c(O)c2n1. The van der Waals surface area contributed by atoms with Gasteiger partial charge in [0.25, 0.3) is 0 Å². The Labute approximate surface area is 242 Å². The Kier molecular flexibility index (Phi) is 7.96. The summed E-state index contributed by atoms with van der Waals surface area (Å²) >= 11 is 7.59. The van der Waals surface area contributed by atoms with Gasteiger partial charge in [0, 0.05) is 27.9 Å². The molecule has 0 radical (unpaired) electrons. The predicted molar refractivity (Wildman–Crippen MR) is 156 cm³/mol. The van der Waals surface area contributed by atoms with E-state index in [-0.39, 0.29) is 36.0 Å². The summed E-state index contributed by atoms with van der Waals surface area (Å²) in [6.45, 7) is 0.301. The van der Waals surface area contributed by atoms with Gasteiger partial charge in [-0.15, -0.1) is 0 Å². The Morgan fingerprint density at radius 1 is 0.974 bits per heavy atom. The molecule has 5 rings (SSSR count). The molecule has 0 aliphatic carbocycles. The van der Waals surface area contributed by atoms with Crippen molar-refractivity contribution in [1.82, 2.24) is 18.8 Å². The number of nitrogens with zero attached hydrogens (tertiary/aromatic N) is 3. The number of hydrogen-bond acceptors (Lipinski definition) is 7. The van der Waals surface area contributed by atoms with Crippen molar-refractivity contribution in [2.75, 3.05) is 0 Å². The van der Waals surface area contributed by atoms with Gasteiger partial charge in [-0.05, 0) is 57.4 Å². The third-order valence-corrected chi connectivity index (χ3v) is 8.04. The topological polar surface area (TPSA) is 115 Å². The third-order valence-electron chi connectivity index (χ3n) is 5.85. The molecule has 2 heterocycles. The van der Waals surface area contributed by atoms with Crippen LogP contribution < -0.4 is 15.9 Å². The van der Waals surface area contributed by atoms with Crippen LogP contribution in [0.15, 0.2) is 91.3 Å². The average molecular weight is 672 g/mol. The van der Waals surface area contributed by atoms with Crippen molar-refractivity contribution in [1.29, 1.82) is 0 Å².